The molecule has 1 rings (SSSR count). The normalized spacial score (nSPS) is 18.7. The van der Waals surface area contributed by atoms with Crippen LogP contribution in [0.2, 0.25) is 0 Å². The molecule has 94 valence electrons. The molecule has 1 aliphatic rings. The molecule has 7 heteroatoms. The summed E-state index contributed by atoms with van der Waals surface area (Å²) in [5, 5.41) is 14.9. The number of carbonyl (C=O) groups is 3. The molecule has 7 nitrogen and oxygen atoms in total. The summed E-state index contributed by atoms with van der Waals surface area (Å²) in [5.74, 6) is -2.33. The molecule has 0 aliphatic carbocycles. The van der Waals surface area contributed by atoms with E-state index in [1.54, 1.807) is 6.92 Å². The van der Waals surface area contributed by atoms with Gasteiger partial charge in [0.25, 0.3) is 5.91 Å². The molecule has 3 N–H and O–H groups in total. The number of carbonyl (C=O) groups excluding carboxylic acids is 2. The highest BCUT2D eigenvalue weighted by molar-refractivity contribution is 6.39. The molecule has 0 bridgehead atoms. The van der Waals surface area contributed by atoms with Crippen LogP contribution in [-0.2, 0) is 14.4 Å². The van der Waals surface area contributed by atoms with E-state index in [1.165, 1.54) is 6.92 Å². The van der Waals surface area contributed by atoms with Gasteiger partial charge in [0.05, 0.1) is 5.92 Å². The van der Waals surface area contributed by atoms with Crippen molar-refractivity contribution in [3.8, 4) is 0 Å². The Bertz CT molecular complexity index is 378. The highest BCUT2D eigenvalue weighted by atomic mass is 16.4. The standard InChI is InChI=1S/C10H15N3O4/c1-5(10(16)17)6(2)11-9(15)7-3-4-8(14)13-12-7/h5-6H,3-4H2,1-2H3,(H,11,15)(H,13,14)(H,16,17). The predicted molar refractivity (Wildman–Crippen MR) is 59.2 cm³/mol. The van der Waals surface area contributed by atoms with Gasteiger partial charge in [0.2, 0.25) is 5.91 Å². The average molecular weight is 241 g/mol. The van der Waals surface area contributed by atoms with E-state index < -0.39 is 23.8 Å². The number of hydrazone groups is 1. The van der Waals surface area contributed by atoms with Crippen molar-refractivity contribution in [2.24, 2.45) is 11.0 Å². The lowest BCUT2D eigenvalue weighted by atomic mass is 10.0. The molecule has 2 atom stereocenters. The van der Waals surface area contributed by atoms with Crippen molar-refractivity contribution in [2.45, 2.75) is 32.7 Å². The second-order valence-electron chi connectivity index (χ2n) is 3.98. The highest BCUT2D eigenvalue weighted by Gasteiger charge is 2.24. The van der Waals surface area contributed by atoms with Crippen LogP contribution >= 0.6 is 0 Å². The van der Waals surface area contributed by atoms with E-state index in [0.29, 0.717) is 0 Å². The second-order valence-corrected chi connectivity index (χ2v) is 3.98. The Kier molecular flexibility index (Phi) is 4.19. The van der Waals surface area contributed by atoms with Gasteiger partial charge in [-0.3, -0.25) is 14.4 Å². The minimum absolute atomic E-state index is 0.217. The molecule has 1 heterocycles. The van der Waals surface area contributed by atoms with Crippen LogP contribution in [0, 0.1) is 5.92 Å². The molecule has 0 spiro atoms. The van der Waals surface area contributed by atoms with Crippen molar-refractivity contribution in [1.82, 2.24) is 10.7 Å². The van der Waals surface area contributed by atoms with Crippen molar-refractivity contribution in [2.75, 3.05) is 0 Å². The Morgan fingerprint density at radius 2 is 2.06 bits per heavy atom. The van der Waals surface area contributed by atoms with Crippen LogP contribution in [0.25, 0.3) is 0 Å². The molecule has 17 heavy (non-hydrogen) atoms. The molecular formula is C10H15N3O4. The Hall–Kier alpha value is -1.92. The van der Waals surface area contributed by atoms with E-state index in [4.69, 9.17) is 5.11 Å². The van der Waals surface area contributed by atoms with Gasteiger partial charge < -0.3 is 10.4 Å². The largest absolute Gasteiger partial charge is 0.481 e. The topological polar surface area (TPSA) is 108 Å². The van der Waals surface area contributed by atoms with Crippen LogP contribution in [0.3, 0.4) is 0 Å². The van der Waals surface area contributed by atoms with E-state index in [-0.39, 0.29) is 24.5 Å². The first-order valence-electron chi connectivity index (χ1n) is 5.31. The number of amides is 2. The number of hydrogen-bond acceptors (Lipinski definition) is 4. The van der Waals surface area contributed by atoms with Gasteiger partial charge in [-0.1, -0.05) is 0 Å². The van der Waals surface area contributed by atoms with Gasteiger partial charge >= 0.3 is 5.97 Å². The fraction of sp³-hybridized carbons (Fsp3) is 0.600. The lowest BCUT2D eigenvalue weighted by Crippen LogP contribution is -2.44. The van der Waals surface area contributed by atoms with Crippen molar-refractivity contribution in [1.29, 1.82) is 0 Å². The molecule has 0 fully saturated rings. The van der Waals surface area contributed by atoms with Crippen molar-refractivity contribution >= 4 is 23.5 Å². The number of nitrogens with one attached hydrogen (secondary N) is 2. The van der Waals surface area contributed by atoms with Gasteiger partial charge in [-0.25, -0.2) is 5.43 Å². The molecule has 2 unspecified atom stereocenters. The van der Waals surface area contributed by atoms with Gasteiger partial charge in [0, 0.05) is 18.9 Å². The first-order valence-corrected chi connectivity index (χ1v) is 5.31. The van der Waals surface area contributed by atoms with Gasteiger partial charge in [0.15, 0.2) is 0 Å². The zero-order valence-electron chi connectivity index (χ0n) is 9.69. The summed E-state index contributed by atoms with van der Waals surface area (Å²) in [6, 6.07) is -0.500. The first-order chi connectivity index (χ1) is 7.91. The van der Waals surface area contributed by atoms with Crippen LogP contribution < -0.4 is 10.7 Å². The molecular weight excluding hydrogens is 226 g/mol. The van der Waals surface area contributed by atoms with Crippen LogP contribution in [0.5, 0.6) is 0 Å². The van der Waals surface area contributed by atoms with Gasteiger partial charge in [0.1, 0.15) is 5.71 Å². The third-order valence-corrected chi connectivity index (χ3v) is 2.66. The molecule has 0 aromatic carbocycles. The van der Waals surface area contributed by atoms with Gasteiger partial charge in [-0.05, 0) is 13.8 Å². The maximum absolute atomic E-state index is 11.7. The average Bonchev–Trinajstić information content (AvgIpc) is 2.28. The van der Waals surface area contributed by atoms with Crippen molar-refractivity contribution in [3.63, 3.8) is 0 Å². The molecule has 0 saturated heterocycles. The molecule has 0 aromatic heterocycles. The monoisotopic (exact) mass is 241 g/mol. The Balaban J connectivity index is 2.55. The first kappa shape index (κ1) is 13.1. The Morgan fingerprint density at radius 1 is 1.41 bits per heavy atom. The fourth-order valence-electron chi connectivity index (χ4n) is 1.27. The van der Waals surface area contributed by atoms with Gasteiger partial charge in [-0.2, -0.15) is 5.10 Å². The van der Waals surface area contributed by atoms with Gasteiger partial charge in [-0.15, -0.1) is 0 Å². The van der Waals surface area contributed by atoms with E-state index in [1.807, 2.05) is 0 Å². The molecule has 1 aliphatic heterocycles. The number of carboxylic acids is 1. The summed E-state index contributed by atoms with van der Waals surface area (Å²) in [5.41, 5.74) is 2.43. The summed E-state index contributed by atoms with van der Waals surface area (Å²) in [4.78, 5) is 33.2. The minimum atomic E-state index is -0.975. The predicted octanol–water partition coefficient (Wildman–Crippen LogP) is -0.522. The number of aliphatic carboxylic acids is 1. The van der Waals surface area contributed by atoms with Crippen LogP contribution in [-0.4, -0.2) is 34.6 Å². The van der Waals surface area contributed by atoms with Crippen molar-refractivity contribution < 1.29 is 19.5 Å². The summed E-state index contributed by atoms with van der Waals surface area (Å²) in [6.07, 6.45) is 0.487. The summed E-state index contributed by atoms with van der Waals surface area (Å²) < 4.78 is 0. The van der Waals surface area contributed by atoms with E-state index in [9.17, 15) is 14.4 Å². The quantitative estimate of drug-likeness (QED) is 0.615. The summed E-state index contributed by atoms with van der Waals surface area (Å²) in [7, 11) is 0. The van der Waals surface area contributed by atoms with Crippen LogP contribution in [0.15, 0.2) is 5.10 Å². The molecule has 0 saturated carbocycles. The molecule has 0 aromatic rings. The Morgan fingerprint density at radius 3 is 2.53 bits per heavy atom. The maximum atomic E-state index is 11.7. The zero-order valence-corrected chi connectivity index (χ0v) is 9.69. The van der Waals surface area contributed by atoms with Crippen molar-refractivity contribution in [3.05, 3.63) is 0 Å². The third-order valence-electron chi connectivity index (χ3n) is 2.66. The lowest BCUT2D eigenvalue weighted by molar-refractivity contribution is -0.142. The van der Waals surface area contributed by atoms with E-state index in [2.05, 4.69) is 15.8 Å². The van der Waals surface area contributed by atoms with E-state index >= 15 is 0 Å². The Labute approximate surface area is 98.3 Å². The van der Waals surface area contributed by atoms with Crippen LogP contribution in [0.4, 0.5) is 0 Å². The summed E-state index contributed by atoms with van der Waals surface area (Å²) >= 11 is 0. The molecule has 0 radical (unpaired) electrons. The minimum Gasteiger partial charge on any atom is -0.481 e. The third kappa shape index (κ3) is 3.54. The number of rotatable bonds is 4. The zero-order chi connectivity index (χ0) is 13.0. The van der Waals surface area contributed by atoms with E-state index in [0.717, 1.165) is 0 Å². The number of hydrogen-bond donors (Lipinski definition) is 3. The second kappa shape index (κ2) is 5.42. The molecule has 2 amide bonds. The smallest absolute Gasteiger partial charge is 0.308 e. The lowest BCUT2D eigenvalue weighted by Gasteiger charge is -2.19. The SMILES string of the molecule is CC(NC(=O)C1=NNC(=O)CC1)C(C)C(=O)O. The van der Waals surface area contributed by atoms with Crippen LogP contribution in [0.1, 0.15) is 26.7 Å². The summed E-state index contributed by atoms with van der Waals surface area (Å²) in [6.45, 7) is 3.12. The highest BCUT2D eigenvalue weighted by Crippen LogP contribution is 2.04. The number of nitrogens with zero attached hydrogens (tertiary/aromatic N) is 1. The number of carboxylic acid groups (broad SMARTS) is 1. The fourth-order valence-corrected chi connectivity index (χ4v) is 1.27. The maximum Gasteiger partial charge on any atom is 0.308 e.